The molecule has 6 saturated carbocycles. The average molecular weight is 929 g/mol. The molecule has 9 aliphatic rings. The molecule has 18 heteroatoms. The van der Waals surface area contributed by atoms with E-state index in [1.165, 1.54) is 32.1 Å². The summed E-state index contributed by atoms with van der Waals surface area (Å²) >= 11 is 0. The molecule has 6 aliphatic carbocycles. The summed E-state index contributed by atoms with van der Waals surface area (Å²) in [6.07, 6.45) is 10.5. The van der Waals surface area contributed by atoms with Crippen LogP contribution in [-0.4, -0.2) is 107 Å². The molecule has 0 aromatic heterocycles. The highest BCUT2D eigenvalue weighted by atomic mass is 19.3. The van der Waals surface area contributed by atoms with Crippen LogP contribution in [0.15, 0.2) is 0 Å². The Hall–Kier alpha value is -1.86. The van der Waals surface area contributed by atoms with Crippen LogP contribution in [0.2, 0.25) is 0 Å². The lowest BCUT2D eigenvalue weighted by Crippen LogP contribution is -2.56. The van der Waals surface area contributed by atoms with Crippen molar-refractivity contribution in [3.05, 3.63) is 0 Å². The van der Waals surface area contributed by atoms with Crippen LogP contribution in [0.1, 0.15) is 116 Å². The van der Waals surface area contributed by atoms with Crippen molar-refractivity contribution in [2.24, 2.45) is 64.1 Å². The third-order valence-electron chi connectivity index (χ3n) is 17.1. The van der Waals surface area contributed by atoms with Crippen molar-refractivity contribution in [1.29, 1.82) is 0 Å². The van der Waals surface area contributed by atoms with Gasteiger partial charge in [0.1, 0.15) is 39.6 Å². The number of rotatable bonds is 9. The molecule has 9 fully saturated rings. The first-order valence-corrected chi connectivity index (χ1v) is 23.8. The third-order valence-corrected chi connectivity index (χ3v) is 17.1. The van der Waals surface area contributed by atoms with Crippen LogP contribution in [0.5, 0.6) is 0 Å². The first kappa shape index (κ1) is 47.2. The van der Waals surface area contributed by atoms with E-state index < -0.39 is 115 Å². The Kier molecular flexibility index (Phi) is 13.0. The summed E-state index contributed by atoms with van der Waals surface area (Å²) in [4.78, 5) is 28.4. The molecule has 10 unspecified atom stereocenters. The monoisotopic (exact) mass is 928 g/mol. The van der Waals surface area contributed by atoms with Gasteiger partial charge in [0.15, 0.2) is 18.4 Å². The van der Waals surface area contributed by atoms with Gasteiger partial charge in [-0.05, 0) is 93.8 Å². The lowest BCUT2D eigenvalue weighted by atomic mass is 9.58. The highest BCUT2D eigenvalue weighted by molar-refractivity contribution is 5.77. The van der Waals surface area contributed by atoms with Gasteiger partial charge in [-0.1, -0.05) is 45.4 Å². The highest BCUT2D eigenvalue weighted by Crippen LogP contribution is 2.57. The van der Waals surface area contributed by atoms with E-state index in [1.807, 2.05) is 0 Å². The lowest BCUT2D eigenvalue weighted by Gasteiger charge is -2.52. The first-order valence-electron chi connectivity index (χ1n) is 23.8. The van der Waals surface area contributed by atoms with Gasteiger partial charge in [-0.25, -0.2) is 0 Å². The second kappa shape index (κ2) is 17.6. The average Bonchev–Trinajstić information content (AvgIpc) is 3.43. The molecule has 3 saturated heterocycles. The number of alkyl halides is 8. The smallest absolute Gasteiger partial charge is 0.335 e. The summed E-state index contributed by atoms with van der Waals surface area (Å²) in [6.45, 7) is -4.69. The van der Waals surface area contributed by atoms with Gasteiger partial charge in [-0.3, -0.25) is 9.59 Å². The van der Waals surface area contributed by atoms with Gasteiger partial charge in [0.25, 0.3) is 0 Å². The second-order valence-corrected chi connectivity index (χ2v) is 21.8. The van der Waals surface area contributed by atoms with Crippen molar-refractivity contribution in [2.45, 2.75) is 158 Å². The number of esters is 2. The second-order valence-electron chi connectivity index (χ2n) is 21.8. The normalized spacial score (nSPS) is 43.6. The van der Waals surface area contributed by atoms with Crippen molar-refractivity contribution in [1.82, 2.24) is 0 Å². The van der Waals surface area contributed by atoms with Crippen molar-refractivity contribution in [2.75, 3.05) is 52.9 Å². The molecule has 0 N–H and O–H groups in total. The van der Waals surface area contributed by atoms with E-state index in [0.29, 0.717) is 56.8 Å². The lowest BCUT2D eigenvalue weighted by molar-refractivity contribution is -0.315. The third kappa shape index (κ3) is 9.09. The van der Waals surface area contributed by atoms with Crippen LogP contribution in [0.3, 0.4) is 0 Å². The van der Waals surface area contributed by atoms with Gasteiger partial charge in [0.05, 0.1) is 30.0 Å². The highest BCUT2D eigenvalue weighted by Gasteiger charge is 2.65. The molecule has 1 spiro atoms. The number of fused-ring (bicyclic) bond motifs is 7. The fourth-order valence-electron chi connectivity index (χ4n) is 13.6. The van der Waals surface area contributed by atoms with Crippen LogP contribution >= 0.6 is 0 Å². The van der Waals surface area contributed by atoms with E-state index >= 15 is 0 Å². The van der Waals surface area contributed by atoms with Crippen LogP contribution < -0.4 is 0 Å². The predicted octanol–water partition coefficient (Wildman–Crippen LogP) is 9.35. The number of hydrogen-bond donors (Lipinski definition) is 0. The van der Waals surface area contributed by atoms with E-state index in [1.54, 1.807) is 6.92 Å². The molecule has 3 aliphatic heterocycles. The molecule has 0 aromatic rings. The number of hydrogen-bond acceptors (Lipinski definition) is 10. The van der Waals surface area contributed by atoms with Crippen molar-refractivity contribution in [3.63, 3.8) is 0 Å². The Balaban J connectivity index is 0.877. The van der Waals surface area contributed by atoms with Crippen LogP contribution in [0.4, 0.5) is 35.1 Å². The summed E-state index contributed by atoms with van der Waals surface area (Å²) in [5.74, 6) is -21.1. The van der Waals surface area contributed by atoms with Crippen molar-refractivity contribution >= 4 is 11.9 Å². The maximum absolute atomic E-state index is 14.4. The maximum atomic E-state index is 14.4. The standard InChI is InChI=1S/C46H64F8O10/c1-27-10-30-13-33(15-35(14-30)46(27)63-25-44(51,52)45(53,54)26-64-46)37(55)59-21-40(19-57-36(58-20-40)16-32-8-7-28-4-2-6-31(32)11-28)22-62-39(56)41-9-3-5-29(17-41)12-34(18-41)38-60-23-42(47,48)43(49,50)24-61-38/h27-36,38H,2-26H2,1H3. The molecular formula is C46H64F8O10. The van der Waals surface area contributed by atoms with Crippen LogP contribution in [0, 0.1) is 64.1 Å². The first-order chi connectivity index (χ1) is 30.2. The van der Waals surface area contributed by atoms with Crippen molar-refractivity contribution in [3.8, 4) is 0 Å². The minimum atomic E-state index is -4.42. The molecule has 0 amide bonds. The summed E-state index contributed by atoms with van der Waals surface area (Å²) in [7, 11) is 0. The zero-order valence-corrected chi connectivity index (χ0v) is 36.6. The summed E-state index contributed by atoms with van der Waals surface area (Å²) in [5.41, 5.74) is -2.17. The number of ether oxygens (including phenoxy) is 8. The Labute approximate surface area is 369 Å². The van der Waals surface area contributed by atoms with Gasteiger partial charge in [0.2, 0.25) is 0 Å². The van der Waals surface area contributed by atoms with Gasteiger partial charge in [-0.2, -0.15) is 35.1 Å². The molecule has 10 atom stereocenters. The fourth-order valence-corrected chi connectivity index (χ4v) is 13.6. The Morgan fingerprint density at radius 3 is 1.94 bits per heavy atom. The Morgan fingerprint density at radius 1 is 0.594 bits per heavy atom. The molecule has 3 heterocycles. The molecule has 6 bridgehead atoms. The quantitative estimate of drug-likeness (QED) is 0.164. The van der Waals surface area contributed by atoms with Crippen LogP contribution in [-0.2, 0) is 47.5 Å². The summed E-state index contributed by atoms with van der Waals surface area (Å²) in [6, 6.07) is 0. The zero-order valence-electron chi connectivity index (χ0n) is 36.6. The van der Waals surface area contributed by atoms with E-state index in [4.69, 9.17) is 37.9 Å². The van der Waals surface area contributed by atoms with E-state index in [9.17, 15) is 44.7 Å². The summed E-state index contributed by atoms with van der Waals surface area (Å²) in [5, 5.41) is 0. The van der Waals surface area contributed by atoms with E-state index in [0.717, 1.165) is 25.2 Å². The minimum absolute atomic E-state index is 0.00773. The zero-order chi connectivity index (χ0) is 45.3. The predicted molar refractivity (Wildman–Crippen MR) is 208 cm³/mol. The molecule has 0 radical (unpaired) electrons. The van der Waals surface area contributed by atoms with Crippen molar-refractivity contribution < 1.29 is 82.6 Å². The molecule has 0 aromatic carbocycles. The molecular weight excluding hydrogens is 864 g/mol. The van der Waals surface area contributed by atoms with Gasteiger partial charge < -0.3 is 37.9 Å². The fraction of sp³-hybridized carbons (Fsp3) is 0.957. The molecule has 64 heavy (non-hydrogen) atoms. The van der Waals surface area contributed by atoms with Gasteiger partial charge in [-0.15, -0.1) is 0 Å². The minimum Gasteiger partial charge on any atom is -0.465 e. The number of halogens is 8. The number of carbonyl (C=O) groups is 2. The van der Waals surface area contributed by atoms with Gasteiger partial charge in [0, 0.05) is 24.2 Å². The SMILES string of the molecule is CC1CC2CC(C(=O)OCC3(COC(=O)C45CCCC(CC(C6OCC(F)(F)C(F)(F)CO6)C4)C5)COC(CC4CCC5CCCC4C5)OC3)CC(C2)C12OCC(F)(F)C(F)(F)CO2. The Bertz CT molecular complexity index is 1660. The van der Waals surface area contributed by atoms with Gasteiger partial charge >= 0.3 is 35.6 Å². The molecule has 9 rings (SSSR count). The molecule has 10 nitrogen and oxygen atoms in total. The maximum Gasteiger partial charge on any atom is 0.335 e. The molecule has 364 valence electrons. The largest absolute Gasteiger partial charge is 0.465 e. The number of carbonyl (C=O) groups excluding carboxylic acids is 2. The topological polar surface area (TPSA) is 108 Å². The van der Waals surface area contributed by atoms with E-state index in [-0.39, 0.29) is 51.1 Å². The van der Waals surface area contributed by atoms with E-state index in [2.05, 4.69) is 0 Å². The van der Waals surface area contributed by atoms with Crippen LogP contribution in [0.25, 0.3) is 0 Å². The summed E-state index contributed by atoms with van der Waals surface area (Å²) < 4.78 is 161. The Morgan fingerprint density at radius 2 is 1.23 bits per heavy atom.